The number of amides is 1. The molecule has 1 saturated heterocycles. The molecule has 0 spiro atoms. The lowest BCUT2D eigenvalue weighted by molar-refractivity contribution is -0.153. The van der Waals surface area contributed by atoms with E-state index in [1.165, 1.54) is 0 Å². The van der Waals surface area contributed by atoms with Crippen LogP contribution in [0.15, 0.2) is 0 Å². The van der Waals surface area contributed by atoms with Gasteiger partial charge in [-0.3, -0.25) is 4.79 Å². The zero-order valence-corrected chi connectivity index (χ0v) is 12.1. The van der Waals surface area contributed by atoms with Crippen LogP contribution in [0.4, 0.5) is 0 Å². The van der Waals surface area contributed by atoms with Gasteiger partial charge in [-0.1, -0.05) is 13.8 Å². The Morgan fingerprint density at radius 1 is 1.50 bits per heavy atom. The monoisotopic (exact) mass is 274 g/mol. The lowest BCUT2D eigenvalue weighted by Crippen LogP contribution is -2.53. The molecule has 5 nitrogen and oxygen atoms in total. The summed E-state index contributed by atoms with van der Waals surface area (Å²) in [6.45, 7) is 7.00. The Balaban J connectivity index is 2.58. The molecule has 104 valence electrons. The second-order valence-electron chi connectivity index (χ2n) is 4.47. The van der Waals surface area contributed by atoms with Crippen LogP contribution in [0.25, 0.3) is 0 Å². The van der Waals surface area contributed by atoms with Gasteiger partial charge in [-0.25, -0.2) is 4.79 Å². The minimum absolute atomic E-state index is 0.0259. The number of ether oxygens (including phenoxy) is 1. The summed E-state index contributed by atoms with van der Waals surface area (Å²) in [6, 6.07) is -0.167. The van der Waals surface area contributed by atoms with Crippen molar-refractivity contribution in [1.82, 2.24) is 10.2 Å². The zero-order chi connectivity index (χ0) is 13.5. The lowest BCUT2D eigenvalue weighted by atomic mass is 10.2. The van der Waals surface area contributed by atoms with Crippen molar-refractivity contribution in [3.8, 4) is 0 Å². The molecule has 1 amide bonds. The number of hydrogen-bond acceptors (Lipinski definition) is 5. The Morgan fingerprint density at radius 2 is 2.22 bits per heavy atom. The number of nitrogens with zero attached hydrogens (tertiary/aromatic N) is 1. The van der Waals surface area contributed by atoms with Gasteiger partial charge in [0.25, 0.3) is 0 Å². The standard InChI is InChI=1S/C12H22N2O3S/c1-4-17-12(16)10-8-18-6-5-14(10)11(15)7-13-9(2)3/h9-10,13H,4-8H2,1-3H3. The molecule has 0 aromatic rings. The third-order valence-electron chi connectivity index (χ3n) is 2.67. The highest BCUT2D eigenvalue weighted by Crippen LogP contribution is 2.17. The van der Waals surface area contributed by atoms with Crippen LogP contribution >= 0.6 is 11.8 Å². The highest BCUT2D eigenvalue weighted by Gasteiger charge is 2.33. The molecule has 1 aliphatic rings. The third-order valence-corrected chi connectivity index (χ3v) is 3.69. The van der Waals surface area contributed by atoms with Crippen LogP contribution in [0, 0.1) is 0 Å². The first kappa shape index (κ1) is 15.3. The summed E-state index contributed by atoms with van der Waals surface area (Å²) < 4.78 is 5.02. The van der Waals surface area contributed by atoms with E-state index in [0.717, 1.165) is 5.75 Å². The summed E-state index contributed by atoms with van der Waals surface area (Å²) in [5, 5.41) is 3.08. The minimum Gasteiger partial charge on any atom is -0.464 e. The average molecular weight is 274 g/mol. The Labute approximate surface area is 113 Å². The third kappa shape index (κ3) is 4.49. The second kappa shape index (κ2) is 7.63. The summed E-state index contributed by atoms with van der Waals surface area (Å²) in [7, 11) is 0. The summed E-state index contributed by atoms with van der Waals surface area (Å²) in [5.74, 6) is 1.19. The van der Waals surface area contributed by atoms with Crippen molar-refractivity contribution in [3.05, 3.63) is 0 Å². The number of hydrogen-bond donors (Lipinski definition) is 1. The van der Waals surface area contributed by atoms with E-state index in [1.54, 1.807) is 23.6 Å². The van der Waals surface area contributed by atoms with Crippen molar-refractivity contribution in [1.29, 1.82) is 0 Å². The van der Waals surface area contributed by atoms with Crippen LogP contribution in [0.3, 0.4) is 0 Å². The maximum absolute atomic E-state index is 12.1. The number of esters is 1. The highest BCUT2D eigenvalue weighted by molar-refractivity contribution is 7.99. The molecule has 1 aliphatic heterocycles. The van der Waals surface area contributed by atoms with Gasteiger partial charge in [0.15, 0.2) is 0 Å². The van der Waals surface area contributed by atoms with Gasteiger partial charge in [0, 0.05) is 24.1 Å². The summed E-state index contributed by atoms with van der Waals surface area (Å²) in [5.41, 5.74) is 0. The predicted molar refractivity (Wildman–Crippen MR) is 72.6 cm³/mol. The molecule has 1 N–H and O–H groups in total. The molecule has 1 atom stereocenters. The van der Waals surface area contributed by atoms with E-state index in [-0.39, 0.29) is 24.5 Å². The number of nitrogens with one attached hydrogen (secondary N) is 1. The first-order valence-corrected chi connectivity index (χ1v) is 7.49. The van der Waals surface area contributed by atoms with Crippen LogP contribution in [0.1, 0.15) is 20.8 Å². The Kier molecular flexibility index (Phi) is 6.49. The van der Waals surface area contributed by atoms with Gasteiger partial charge in [-0.15, -0.1) is 0 Å². The molecule has 0 radical (unpaired) electrons. The van der Waals surface area contributed by atoms with Crippen LogP contribution < -0.4 is 5.32 Å². The normalized spacial score (nSPS) is 20.0. The van der Waals surface area contributed by atoms with Crippen LogP contribution in [0.2, 0.25) is 0 Å². The van der Waals surface area contributed by atoms with E-state index in [9.17, 15) is 9.59 Å². The number of carbonyl (C=O) groups excluding carboxylic acids is 2. The van der Waals surface area contributed by atoms with Crippen molar-refractivity contribution < 1.29 is 14.3 Å². The first-order valence-electron chi connectivity index (χ1n) is 6.33. The smallest absolute Gasteiger partial charge is 0.329 e. The Hall–Kier alpha value is -0.750. The van der Waals surface area contributed by atoms with Gasteiger partial charge in [-0.05, 0) is 6.92 Å². The van der Waals surface area contributed by atoms with Crippen molar-refractivity contribution in [2.75, 3.05) is 31.2 Å². The Morgan fingerprint density at radius 3 is 2.83 bits per heavy atom. The lowest BCUT2D eigenvalue weighted by Gasteiger charge is -2.33. The van der Waals surface area contributed by atoms with E-state index in [1.807, 2.05) is 13.8 Å². The minimum atomic E-state index is -0.426. The van der Waals surface area contributed by atoms with Crippen molar-refractivity contribution in [2.24, 2.45) is 0 Å². The second-order valence-corrected chi connectivity index (χ2v) is 5.62. The number of carbonyl (C=O) groups is 2. The highest BCUT2D eigenvalue weighted by atomic mass is 32.2. The van der Waals surface area contributed by atoms with E-state index >= 15 is 0 Å². The van der Waals surface area contributed by atoms with E-state index in [4.69, 9.17) is 4.74 Å². The fraction of sp³-hybridized carbons (Fsp3) is 0.833. The molecule has 0 bridgehead atoms. The molecular formula is C12H22N2O3S. The molecule has 0 aliphatic carbocycles. The Bertz CT molecular complexity index is 297. The van der Waals surface area contributed by atoms with Gasteiger partial charge in [0.2, 0.25) is 5.91 Å². The summed E-state index contributed by atoms with van der Waals surface area (Å²) in [6.07, 6.45) is 0. The van der Waals surface area contributed by atoms with Gasteiger partial charge in [-0.2, -0.15) is 11.8 Å². The summed E-state index contributed by atoms with van der Waals surface area (Å²) >= 11 is 1.69. The maximum Gasteiger partial charge on any atom is 0.329 e. The van der Waals surface area contributed by atoms with Gasteiger partial charge >= 0.3 is 5.97 Å². The predicted octanol–water partition coefficient (Wildman–Crippen LogP) is 0.492. The molecule has 0 aromatic carbocycles. The van der Waals surface area contributed by atoms with Gasteiger partial charge in [0.1, 0.15) is 6.04 Å². The fourth-order valence-electron chi connectivity index (χ4n) is 1.73. The van der Waals surface area contributed by atoms with Crippen molar-refractivity contribution >= 4 is 23.6 Å². The number of rotatable bonds is 5. The first-order chi connectivity index (χ1) is 8.56. The molecule has 6 heteroatoms. The molecule has 1 unspecified atom stereocenters. The van der Waals surface area contributed by atoms with Gasteiger partial charge in [0.05, 0.1) is 13.2 Å². The molecule has 18 heavy (non-hydrogen) atoms. The largest absolute Gasteiger partial charge is 0.464 e. The molecule has 0 saturated carbocycles. The van der Waals surface area contributed by atoms with Crippen LogP contribution in [-0.2, 0) is 14.3 Å². The van der Waals surface area contributed by atoms with Crippen LogP contribution in [-0.4, -0.2) is 60.1 Å². The quantitative estimate of drug-likeness (QED) is 0.740. The average Bonchev–Trinajstić information content (AvgIpc) is 2.36. The number of thioether (sulfide) groups is 1. The maximum atomic E-state index is 12.1. The molecular weight excluding hydrogens is 252 g/mol. The molecule has 1 fully saturated rings. The summed E-state index contributed by atoms with van der Waals surface area (Å²) in [4.78, 5) is 25.5. The molecule has 1 rings (SSSR count). The topological polar surface area (TPSA) is 58.6 Å². The van der Waals surface area contributed by atoms with Crippen molar-refractivity contribution in [3.63, 3.8) is 0 Å². The van der Waals surface area contributed by atoms with E-state index in [2.05, 4.69) is 5.32 Å². The van der Waals surface area contributed by atoms with E-state index < -0.39 is 6.04 Å². The molecule has 1 heterocycles. The van der Waals surface area contributed by atoms with E-state index in [0.29, 0.717) is 18.9 Å². The van der Waals surface area contributed by atoms with Gasteiger partial charge < -0.3 is 15.0 Å². The zero-order valence-electron chi connectivity index (χ0n) is 11.3. The SMILES string of the molecule is CCOC(=O)C1CSCCN1C(=O)CNC(C)C. The fourth-order valence-corrected chi connectivity index (χ4v) is 2.76. The van der Waals surface area contributed by atoms with Crippen molar-refractivity contribution in [2.45, 2.75) is 32.9 Å². The van der Waals surface area contributed by atoms with Crippen LogP contribution in [0.5, 0.6) is 0 Å². The molecule has 0 aromatic heterocycles.